The quantitative estimate of drug-likeness (QED) is 0.889. The first-order valence-corrected chi connectivity index (χ1v) is 8.23. The molecule has 2 amide bonds. The summed E-state index contributed by atoms with van der Waals surface area (Å²) >= 11 is 1.64. The zero-order valence-electron chi connectivity index (χ0n) is 12.4. The molecule has 2 aromatic rings. The van der Waals surface area contributed by atoms with Crippen molar-refractivity contribution in [2.75, 3.05) is 5.32 Å². The predicted molar refractivity (Wildman–Crippen MR) is 88.0 cm³/mol. The second-order valence-electron chi connectivity index (χ2n) is 5.55. The normalized spacial score (nSPS) is 13.7. The van der Waals surface area contributed by atoms with Crippen molar-refractivity contribution in [1.82, 2.24) is 5.32 Å². The maximum Gasteiger partial charge on any atom is 0.251 e. The van der Waals surface area contributed by atoms with E-state index in [1.165, 1.54) is 10.4 Å². The largest absolute Gasteiger partial charge is 0.347 e. The van der Waals surface area contributed by atoms with Crippen LogP contribution in [0, 0.1) is 12.8 Å². The summed E-state index contributed by atoms with van der Waals surface area (Å²) in [4.78, 5) is 24.9. The minimum Gasteiger partial charge on any atom is -0.347 e. The van der Waals surface area contributed by atoms with E-state index in [1.807, 2.05) is 18.4 Å². The van der Waals surface area contributed by atoms with Gasteiger partial charge in [0.05, 0.1) is 6.54 Å². The van der Waals surface area contributed by atoms with E-state index in [-0.39, 0.29) is 17.7 Å². The highest BCUT2D eigenvalue weighted by Gasteiger charge is 2.29. The fourth-order valence-corrected chi connectivity index (χ4v) is 2.99. The summed E-state index contributed by atoms with van der Waals surface area (Å²) in [5.74, 6) is 0.148. The summed E-state index contributed by atoms with van der Waals surface area (Å²) in [6.45, 7) is 2.58. The summed E-state index contributed by atoms with van der Waals surface area (Å²) in [6, 6.07) is 9.05. The van der Waals surface area contributed by atoms with Crippen molar-refractivity contribution in [3.63, 3.8) is 0 Å². The Kier molecular flexibility index (Phi) is 4.24. The number of rotatable bonds is 5. The molecule has 1 aromatic carbocycles. The number of carbonyl (C=O) groups excluding carboxylic acids is 2. The van der Waals surface area contributed by atoms with Crippen LogP contribution < -0.4 is 10.6 Å². The number of benzene rings is 1. The molecule has 1 aliphatic carbocycles. The van der Waals surface area contributed by atoms with Gasteiger partial charge in [-0.3, -0.25) is 9.59 Å². The van der Waals surface area contributed by atoms with Gasteiger partial charge < -0.3 is 10.6 Å². The van der Waals surface area contributed by atoms with E-state index in [1.54, 1.807) is 35.6 Å². The molecule has 1 fully saturated rings. The summed E-state index contributed by atoms with van der Waals surface area (Å²) < 4.78 is 0. The number of hydrogen-bond acceptors (Lipinski definition) is 3. The molecule has 3 rings (SSSR count). The number of hydrogen-bond donors (Lipinski definition) is 2. The van der Waals surface area contributed by atoms with Crippen molar-refractivity contribution < 1.29 is 9.59 Å². The van der Waals surface area contributed by atoms with Crippen molar-refractivity contribution in [2.24, 2.45) is 5.92 Å². The first-order chi connectivity index (χ1) is 10.6. The summed E-state index contributed by atoms with van der Waals surface area (Å²) in [5, 5.41) is 7.80. The molecule has 0 saturated heterocycles. The second-order valence-corrected chi connectivity index (χ2v) is 6.55. The Balaban J connectivity index is 1.56. The van der Waals surface area contributed by atoms with Gasteiger partial charge in [-0.2, -0.15) is 0 Å². The van der Waals surface area contributed by atoms with Gasteiger partial charge in [0.15, 0.2) is 0 Å². The van der Waals surface area contributed by atoms with Gasteiger partial charge in [0, 0.05) is 22.0 Å². The molecule has 2 N–H and O–H groups in total. The minimum absolute atomic E-state index is 0.0744. The van der Waals surface area contributed by atoms with E-state index in [0.717, 1.165) is 18.5 Å². The zero-order valence-corrected chi connectivity index (χ0v) is 13.2. The smallest absolute Gasteiger partial charge is 0.251 e. The van der Waals surface area contributed by atoms with Crippen molar-refractivity contribution in [3.8, 4) is 0 Å². The Labute approximate surface area is 133 Å². The van der Waals surface area contributed by atoms with Crippen LogP contribution in [0.4, 0.5) is 5.69 Å². The number of amides is 2. The molecule has 1 heterocycles. The highest BCUT2D eigenvalue weighted by Crippen LogP contribution is 2.30. The van der Waals surface area contributed by atoms with E-state index in [2.05, 4.69) is 10.6 Å². The SMILES string of the molecule is Cc1ccsc1CNC(=O)c1ccc(NC(=O)C2CC2)cc1. The molecular weight excluding hydrogens is 296 g/mol. The van der Waals surface area contributed by atoms with Crippen LogP contribution in [0.2, 0.25) is 0 Å². The van der Waals surface area contributed by atoms with Gasteiger partial charge in [-0.15, -0.1) is 11.3 Å². The van der Waals surface area contributed by atoms with Gasteiger partial charge in [-0.25, -0.2) is 0 Å². The Morgan fingerprint density at radius 1 is 1.18 bits per heavy atom. The van der Waals surface area contributed by atoms with Crippen molar-refractivity contribution in [2.45, 2.75) is 26.3 Å². The highest BCUT2D eigenvalue weighted by atomic mass is 32.1. The Bertz CT molecular complexity index is 687. The molecule has 5 heteroatoms. The molecule has 0 bridgehead atoms. The molecule has 0 aliphatic heterocycles. The number of anilines is 1. The molecule has 22 heavy (non-hydrogen) atoms. The molecule has 0 radical (unpaired) electrons. The van der Waals surface area contributed by atoms with Crippen molar-refractivity contribution >= 4 is 28.8 Å². The van der Waals surface area contributed by atoms with E-state index >= 15 is 0 Å². The van der Waals surface area contributed by atoms with E-state index in [4.69, 9.17) is 0 Å². The Morgan fingerprint density at radius 2 is 1.91 bits per heavy atom. The topological polar surface area (TPSA) is 58.2 Å². The van der Waals surface area contributed by atoms with Crippen molar-refractivity contribution in [3.05, 3.63) is 51.7 Å². The lowest BCUT2D eigenvalue weighted by molar-refractivity contribution is -0.117. The van der Waals surface area contributed by atoms with E-state index in [9.17, 15) is 9.59 Å². The summed E-state index contributed by atoms with van der Waals surface area (Å²) in [5.41, 5.74) is 2.53. The molecule has 1 aromatic heterocycles. The number of carbonyl (C=O) groups is 2. The van der Waals surface area contributed by atoms with Crippen molar-refractivity contribution in [1.29, 1.82) is 0 Å². The van der Waals surface area contributed by atoms with Gasteiger partial charge in [0.25, 0.3) is 5.91 Å². The van der Waals surface area contributed by atoms with Crippen LogP contribution in [0.5, 0.6) is 0 Å². The average Bonchev–Trinajstić information content (AvgIpc) is 3.29. The molecule has 0 unspecified atom stereocenters. The molecule has 0 spiro atoms. The first-order valence-electron chi connectivity index (χ1n) is 7.35. The van der Waals surface area contributed by atoms with Crippen LogP contribution in [0.3, 0.4) is 0 Å². The molecule has 1 aliphatic rings. The van der Waals surface area contributed by atoms with Gasteiger partial charge in [-0.05, 0) is 61.0 Å². The third kappa shape index (κ3) is 3.54. The van der Waals surface area contributed by atoms with Crippen LogP contribution >= 0.6 is 11.3 Å². The van der Waals surface area contributed by atoms with Crippen LogP contribution in [0.15, 0.2) is 35.7 Å². The summed E-state index contributed by atoms with van der Waals surface area (Å²) in [6.07, 6.45) is 1.96. The monoisotopic (exact) mass is 314 g/mol. The second kappa shape index (κ2) is 6.32. The standard InChI is InChI=1S/C17H18N2O2S/c1-11-8-9-22-15(11)10-18-16(20)12-4-6-14(7-5-12)19-17(21)13-2-3-13/h4-9,13H,2-3,10H2,1H3,(H,18,20)(H,19,21). The predicted octanol–water partition coefficient (Wildman–Crippen LogP) is 3.34. The Hall–Kier alpha value is -2.14. The van der Waals surface area contributed by atoms with Crippen LogP contribution in [-0.4, -0.2) is 11.8 Å². The van der Waals surface area contributed by atoms with Crippen LogP contribution in [-0.2, 0) is 11.3 Å². The summed E-state index contributed by atoms with van der Waals surface area (Å²) in [7, 11) is 0. The third-order valence-electron chi connectivity index (χ3n) is 3.74. The maximum atomic E-state index is 12.1. The maximum absolute atomic E-state index is 12.1. The fourth-order valence-electron chi connectivity index (χ4n) is 2.14. The first kappa shape index (κ1) is 14.8. The number of aryl methyl sites for hydroxylation is 1. The van der Waals surface area contributed by atoms with Crippen LogP contribution in [0.1, 0.15) is 33.6 Å². The molecular formula is C17H18N2O2S. The Morgan fingerprint density at radius 3 is 2.50 bits per heavy atom. The van der Waals surface area contributed by atoms with E-state index < -0.39 is 0 Å². The molecule has 4 nitrogen and oxygen atoms in total. The van der Waals surface area contributed by atoms with Gasteiger partial charge in [0.1, 0.15) is 0 Å². The lowest BCUT2D eigenvalue weighted by Gasteiger charge is -2.07. The zero-order chi connectivity index (χ0) is 15.5. The molecule has 1 saturated carbocycles. The number of nitrogens with one attached hydrogen (secondary N) is 2. The number of thiophene rings is 1. The van der Waals surface area contributed by atoms with Crippen LogP contribution in [0.25, 0.3) is 0 Å². The lowest BCUT2D eigenvalue weighted by Crippen LogP contribution is -2.22. The highest BCUT2D eigenvalue weighted by molar-refractivity contribution is 7.10. The fraction of sp³-hybridized carbons (Fsp3) is 0.294. The van der Waals surface area contributed by atoms with E-state index in [0.29, 0.717) is 12.1 Å². The van der Waals surface area contributed by atoms with Gasteiger partial charge >= 0.3 is 0 Å². The van der Waals surface area contributed by atoms with Gasteiger partial charge in [-0.1, -0.05) is 0 Å². The molecule has 114 valence electrons. The third-order valence-corrected chi connectivity index (χ3v) is 4.76. The minimum atomic E-state index is -0.104. The van der Waals surface area contributed by atoms with Gasteiger partial charge in [0.2, 0.25) is 5.91 Å². The lowest BCUT2D eigenvalue weighted by atomic mass is 10.2. The molecule has 0 atom stereocenters. The average molecular weight is 314 g/mol.